The van der Waals surface area contributed by atoms with Gasteiger partial charge in [0.25, 0.3) is 0 Å². The van der Waals surface area contributed by atoms with E-state index in [9.17, 15) is 4.79 Å². The van der Waals surface area contributed by atoms with E-state index in [2.05, 4.69) is 12.2 Å². The monoisotopic (exact) mass is 250 g/mol. The summed E-state index contributed by atoms with van der Waals surface area (Å²) in [6.45, 7) is 2.90. The van der Waals surface area contributed by atoms with Crippen LogP contribution in [0.4, 0.5) is 0 Å². The minimum atomic E-state index is -0.0869. The number of fused-ring (bicyclic) bond motifs is 1. The van der Waals surface area contributed by atoms with Gasteiger partial charge in [0, 0.05) is 12.5 Å². The van der Waals surface area contributed by atoms with Crippen molar-refractivity contribution in [3.8, 4) is 0 Å². The molecule has 3 fully saturated rings. The van der Waals surface area contributed by atoms with Gasteiger partial charge in [-0.2, -0.15) is 0 Å². The molecule has 102 valence electrons. The van der Waals surface area contributed by atoms with Crippen molar-refractivity contribution in [2.75, 3.05) is 6.54 Å². The number of hydrogen-bond acceptors (Lipinski definition) is 2. The number of amides is 1. The molecule has 1 amide bonds. The van der Waals surface area contributed by atoms with Gasteiger partial charge in [-0.25, -0.2) is 0 Å². The third-order valence-corrected chi connectivity index (χ3v) is 5.62. The lowest BCUT2D eigenvalue weighted by atomic mass is 9.77. The van der Waals surface area contributed by atoms with E-state index in [0.29, 0.717) is 12.5 Å². The van der Waals surface area contributed by atoms with Gasteiger partial charge in [0.2, 0.25) is 5.91 Å². The molecule has 2 unspecified atom stereocenters. The van der Waals surface area contributed by atoms with Gasteiger partial charge < -0.3 is 11.1 Å². The molecule has 18 heavy (non-hydrogen) atoms. The standard InChI is InChI=1S/C15H26N2O/c1-10-2-4-15(9-16,5-3-10)17-14(18)13-7-11-6-12(11)8-13/h10-13H,2-9,16H2,1H3,(H,17,18). The predicted octanol–water partition coefficient (Wildman–Crippen LogP) is 2.06. The Morgan fingerprint density at radius 3 is 2.39 bits per heavy atom. The number of nitrogens with one attached hydrogen (secondary N) is 1. The van der Waals surface area contributed by atoms with Crippen LogP contribution in [-0.4, -0.2) is 18.0 Å². The van der Waals surface area contributed by atoms with Crippen molar-refractivity contribution in [2.24, 2.45) is 29.4 Å². The molecule has 3 rings (SSSR count). The van der Waals surface area contributed by atoms with E-state index in [4.69, 9.17) is 5.73 Å². The first-order valence-electron chi connectivity index (χ1n) is 7.64. The van der Waals surface area contributed by atoms with Gasteiger partial charge in [-0.15, -0.1) is 0 Å². The van der Waals surface area contributed by atoms with Crippen LogP contribution in [0.2, 0.25) is 0 Å². The summed E-state index contributed by atoms with van der Waals surface area (Å²) in [5, 5.41) is 3.32. The van der Waals surface area contributed by atoms with Crippen molar-refractivity contribution in [3.63, 3.8) is 0 Å². The largest absolute Gasteiger partial charge is 0.349 e. The van der Waals surface area contributed by atoms with Crippen LogP contribution in [0.3, 0.4) is 0 Å². The van der Waals surface area contributed by atoms with Crippen molar-refractivity contribution in [1.82, 2.24) is 5.32 Å². The molecule has 0 spiro atoms. The maximum atomic E-state index is 12.4. The van der Waals surface area contributed by atoms with E-state index in [1.165, 1.54) is 19.3 Å². The van der Waals surface area contributed by atoms with Gasteiger partial charge in [0.05, 0.1) is 5.54 Å². The summed E-state index contributed by atoms with van der Waals surface area (Å²) in [6.07, 6.45) is 8.18. The summed E-state index contributed by atoms with van der Waals surface area (Å²) in [5.74, 6) is 3.13. The SMILES string of the molecule is CC1CCC(CN)(NC(=O)C2CC3CC3C2)CC1. The van der Waals surface area contributed by atoms with Crippen LogP contribution >= 0.6 is 0 Å². The Morgan fingerprint density at radius 2 is 1.83 bits per heavy atom. The first kappa shape index (κ1) is 12.5. The van der Waals surface area contributed by atoms with Gasteiger partial charge in [-0.1, -0.05) is 6.92 Å². The minimum absolute atomic E-state index is 0.0869. The van der Waals surface area contributed by atoms with Crippen molar-refractivity contribution < 1.29 is 4.79 Å². The highest BCUT2D eigenvalue weighted by atomic mass is 16.2. The summed E-state index contributed by atoms with van der Waals surface area (Å²) in [5.41, 5.74) is 5.87. The lowest BCUT2D eigenvalue weighted by molar-refractivity contribution is -0.127. The van der Waals surface area contributed by atoms with Crippen LogP contribution in [0.15, 0.2) is 0 Å². The van der Waals surface area contributed by atoms with Crippen LogP contribution in [0.25, 0.3) is 0 Å². The fraction of sp³-hybridized carbons (Fsp3) is 0.933. The maximum absolute atomic E-state index is 12.4. The summed E-state index contributed by atoms with van der Waals surface area (Å²) in [6, 6.07) is 0. The van der Waals surface area contributed by atoms with E-state index in [0.717, 1.165) is 43.4 Å². The molecule has 0 aliphatic heterocycles. The summed E-state index contributed by atoms with van der Waals surface area (Å²) >= 11 is 0. The van der Waals surface area contributed by atoms with Crippen LogP contribution in [-0.2, 0) is 4.79 Å². The second kappa shape index (κ2) is 4.52. The van der Waals surface area contributed by atoms with Crippen molar-refractivity contribution in [2.45, 2.75) is 57.4 Å². The number of hydrogen-bond donors (Lipinski definition) is 2. The Balaban J connectivity index is 1.57. The fourth-order valence-corrected chi connectivity index (χ4v) is 3.99. The molecule has 3 N–H and O–H groups in total. The van der Waals surface area contributed by atoms with E-state index in [1.54, 1.807) is 0 Å². The highest BCUT2D eigenvalue weighted by molar-refractivity contribution is 5.80. The molecule has 0 aromatic rings. The zero-order valence-corrected chi connectivity index (χ0v) is 11.5. The van der Waals surface area contributed by atoms with Crippen LogP contribution in [0, 0.1) is 23.7 Å². The lowest BCUT2D eigenvalue weighted by Gasteiger charge is -2.40. The first-order chi connectivity index (χ1) is 8.62. The molecule has 3 nitrogen and oxygen atoms in total. The topological polar surface area (TPSA) is 55.1 Å². The fourth-order valence-electron chi connectivity index (χ4n) is 3.99. The van der Waals surface area contributed by atoms with E-state index < -0.39 is 0 Å². The van der Waals surface area contributed by atoms with E-state index in [-0.39, 0.29) is 11.5 Å². The highest BCUT2D eigenvalue weighted by Gasteiger charge is 2.49. The maximum Gasteiger partial charge on any atom is 0.223 e. The molecule has 0 bridgehead atoms. The second-order valence-corrected chi connectivity index (χ2v) is 7.08. The highest BCUT2D eigenvalue weighted by Crippen LogP contribution is 2.54. The number of nitrogens with two attached hydrogens (primary N) is 1. The first-order valence-corrected chi connectivity index (χ1v) is 7.64. The predicted molar refractivity (Wildman–Crippen MR) is 71.9 cm³/mol. The molecule has 3 aliphatic rings. The molecule has 0 aromatic heterocycles. The number of carbonyl (C=O) groups is 1. The minimum Gasteiger partial charge on any atom is -0.349 e. The number of carbonyl (C=O) groups excluding carboxylic acids is 1. The molecule has 3 saturated carbocycles. The Bertz CT molecular complexity index is 323. The molecular weight excluding hydrogens is 224 g/mol. The Labute approximate surface area is 110 Å². The average Bonchev–Trinajstić information content (AvgIpc) is 2.99. The Kier molecular flexibility index (Phi) is 3.13. The average molecular weight is 250 g/mol. The normalized spacial score (nSPS) is 46.6. The quantitative estimate of drug-likeness (QED) is 0.805. The molecule has 0 radical (unpaired) electrons. The molecule has 0 aromatic carbocycles. The Morgan fingerprint density at radius 1 is 1.22 bits per heavy atom. The molecule has 3 aliphatic carbocycles. The van der Waals surface area contributed by atoms with Gasteiger partial charge in [-0.05, 0) is 62.7 Å². The molecule has 0 heterocycles. The Hall–Kier alpha value is -0.570. The van der Waals surface area contributed by atoms with Crippen molar-refractivity contribution >= 4 is 5.91 Å². The molecule has 2 atom stereocenters. The smallest absolute Gasteiger partial charge is 0.223 e. The van der Waals surface area contributed by atoms with E-state index >= 15 is 0 Å². The molecular formula is C15H26N2O. The van der Waals surface area contributed by atoms with E-state index in [1.807, 2.05) is 0 Å². The zero-order valence-electron chi connectivity index (χ0n) is 11.5. The van der Waals surface area contributed by atoms with Gasteiger partial charge in [-0.3, -0.25) is 4.79 Å². The van der Waals surface area contributed by atoms with Gasteiger partial charge in [0.1, 0.15) is 0 Å². The summed E-state index contributed by atoms with van der Waals surface area (Å²) in [4.78, 5) is 12.4. The van der Waals surface area contributed by atoms with Crippen molar-refractivity contribution in [1.29, 1.82) is 0 Å². The zero-order chi connectivity index (χ0) is 12.8. The molecule has 0 saturated heterocycles. The third-order valence-electron chi connectivity index (χ3n) is 5.62. The lowest BCUT2D eigenvalue weighted by Crippen LogP contribution is -2.56. The second-order valence-electron chi connectivity index (χ2n) is 7.08. The van der Waals surface area contributed by atoms with Crippen LogP contribution < -0.4 is 11.1 Å². The van der Waals surface area contributed by atoms with Gasteiger partial charge in [0.15, 0.2) is 0 Å². The third kappa shape index (κ3) is 2.29. The van der Waals surface area contributed by atoms with Crippen molar-refractivity contribution in [3.05, 3.63) is 0 Å². The number of rotatable bonds is 3. The van der Waals surface area contributed by atoms with Crippen LogP contribution in [0.1, 0.15) is 51.9 Å². The summed E-state index contributed by atoms with van der Waals surface area (Å²) in [7, 11) is 0. The molecule has 3 heteroatoms. The summed E-state index contributed by atoms with van der Waals surface area (Å²) < 4.78 is 0. The van der Waals surface area contributed by atoms with Crippen LogP contribution in [0.5, 0.6) is 0 Å². The van der Waals surface area contributed by atoms with Gasteiger partial charge >= 0.3 is 0 Å².